The third-order valence-corrected chi connectivity index (χ3v) is 6.39. The lowest BCUT2D eigenvalue weighted by molar-refractivity contribution is -0.140. The lowest BCUT2D eigenvalue weighted by Crippen LogP contribution is -2.54. The van der Waals surface area contributed by atoms with Gasteiger partial charge in [0.25, 0.3) is 0 Å². The van der Waals surface area contributed by atoms with Gasteiger partial charge in [0.05, 0.1) is 11.9 Å². The van der Waals surface area contributed by atoms with E-state index in [1.54, 1.807) is 6.92 Å². The van der Waals surface area contributed by atoms with Crippen molar-refractivity contribution in [2.24, 2.45) is 0 Å². The quantitative estimate of drug-likeness (QED) is 0.552. The zero-order valence-corrected chi connectivity index (χ0v) is 21.7. The summed E-state index contributed by atoms with van der Waals surface area (Å²) in [6, 6.07) is 11.2. The third kappa shape index (κ3) is 8.12. The highest BCUT2D eigenvalue weighted by Crippen LogP contribution is 2.20. The van der Waals surface area contributed by atoms with Crippen molar-refractivity contribution in [2.75, 3.05) is 17.1 Å². The van der Waals surface area contributed by atoms with Gasteiger partial charge in [0, 0.05) is 16.6 Å². The highest BCUT2D eigenvalue weighted by atomic mass is 79.9. The van der Waals surface area contributed by atoms with Gasteiger partial charge in [0.1, 0.15) is 18.4 Å². The average Bonchev–Trinajstić information content (AvgIpc) is 2.69. The molecule has 0 saturated carbocycles. The van der Waals surface area contributed by atoms with Crippen LogP contribution >= 0.6 is 15.9 Å². The summed E-state index contributed by atoms with van der Waals surface area (Å²) in [4.78, 5) is 27.6. The number of nitrogens with zero attached hydrogens (tertiary/aromatic N) is 2. The van der Waals surface area contributed by atoms with Crippen molar-refractivity contribution in [1.82, 2.24) is 10.2 Å². The molecule has 0 spiro atoms. The Hall–Kier alpha value is -2.46. The monoisotopic (exact) mass is 541 g/mol. The number of amides is 2. The van der Waals surface area contributed by atoms with E-state index in [1.807, 2.05) is 45.0 Å². The van der Waals surface area contributed by atoms with Crippen molar-refractivity contribution in [3.63, 3.8) is 0 Å². The summed E-state index contributed by atoms with van der Waals surface area (Å²) in [7, 11) is -3.86. The number of anilines is 1. The van der Waals surface area contributed by atoms with E-state index in [0.717, 1.165) is 32.7 Å². The molecule has 0 aromatic heterocycles. The molecule has 0 aliphatic rings. The topological polar surface area (TPSA) is 86.8 Å². The first-order valence-electron chi connectivity index (χ1n) is 10.3. The molecule has 0 radical (unpaired) electrons. The summed E-state index contributed by atoms with van der Waals surface area (Å²) < 4.78 is 40.0. The Morgan fingerprint density at radius 1 is 1.06 bits per heavy atom. The molecule has 0 aliphatic heterocycles. The first kappa shape index (κ1) is 26.8. The largest absolute Gasteiger partial charge is 0.350 e. The van der Waals surface area contributed by atoms with Gasteiger partial charge in [0.15, 0.2) is 0 Å². The number of carbonyl (C=O) groups excluding carboxylic acids is 2. The number of hydrogen-bond acceptors (Lipinski definition) is 4. The van der Waals surface area contributed by atoms with Crippen molar-refractivity contribution in [2.45, 2.75) is 45.8 Å². The number of rotatable bonds is 8. The van der Waals surface area contributed by atoms with Gasteiger partial charge in [-0.05, 0) is 69.7 Å². The molecule has 0 fully saturated rings. The Labute approximate surface area is 203 Å². The molecule has 1 atom stereocenters. The van der Waals surface area contributed by atoms with Crippen LogP contribution in [-0.2, 0) is 26.2 Å². The minimum absolute atomic E-state index is 0.103. The van der Waals surface area contributed by atoms with Gasteiger partial charge >= 0.3 is 0 Å². The fourth-order valence-corrected chi connectivity index (χ4v) is 4.18. The zero-order chi connectivity index (χ0) is 25.0. The molecule has 180 valence electrons. The summed E-state index contributed by atoms with van der Waals surface area (Å²) in [6.07, 6.45) is 0.971. The Morgan fingerprint density at radius 2 is 1.61 bits per heavy atom. The van der Waals surface area contributed by atoms with Crippen molar-refractivity contribution in [1.29, 1.82) is 0 Å². The molecule has 1 unspecified atom stereocenters. The van der Waals surface area contributed by atoms with E-state index in [-0.39, 0.29) is 18.1 Å². The highest BCUT2D eigenvalue weighted by molar-refractivity contribution is 9.10. The van der Waals surface area contributed by atoms with E-state index >= 15 is 0 Å². The van der Waals surface area contributed by atoms with Crippen LogP contribution in [0.2, 0.25) is 0 Å². The SMILES string of the molecule is CC(C(=O)NC(C)(C)C)N(Cc1ccc(Br)cc1)C(=O)CN(c1ccc(F)cc1)S(C)(=O)=O. The average molecular weight is 542 g/mol. The number of nitrogens with one attached hydrogen (secondary N) is 1. The summed E-state index contributed by atoms with van der Waals surface area (Å²) in [6.45, 7) is 6.66. The molecule has 0 saturated heterocycles. The van der Waals surface area contributed by atoms with Crippen LogP contribution in [0, 0.1) is 5.82 Å². The Morgan fingerprint density at radius 3 is 2.09 bits per heavy atom. The van der Waals surface area contributed by atoms with Crippen LogP contribution in [0.3, 0.4) is 0 Å². The molecule has 2 rings (SSSR count). The standard InChI is InChI=1S/C23H29BrFN3O4S/c1-16(22(30)26-23(2,3)4)27(14-17-6-8-18(24)9-7-17)21(29)15-28(33(5,31)32)20-12-10-19(25)11-13-20/h6-13,16H,14-15H2,1-5H3,(H,26,30). The molecule has 2 amide bonds. The first-order valence-corrected chi connectivity index (χ1v) is 12.9. The fourth-order valence-electron chi connectivity index (χ4n) is 3.06. The van der Waals surface area contributed by atoms with Gasteiger partial charge in [-0.3, -0.25) is 13.9 Å². The minimum atomic E-state index is -3.86. The van der Waals surface area contributed by atoms with E-state index in [2.05, 4.69) is 21.2 Å². The zero-order valence-electron chi connectivity index (χ0n) is 19.3. The van der Waals surface area contributed by atoms with Crippen LogP contribution in [0.4, 0.5) is 10.1 Å². The van der Waals surface area contributed by atoms with Crippen LogP contribution in [-0.4, -0.2) is 49.5 Å². The smallest absolute Gasteiger partial charge is 0.244 e. The molecule has 0 heterocycles. The molecule has 33 heavy (non-hydrogen) atoms. The van der Waals surface area contributed by atoms with Crippen LogP contribution in [0.25, 0.3) is 0 Å². The van der Waals surface area contributed by atoms with E-state index in [0.29, 0.717) is 0 Å². The van der Waals surface area contributed by atoms with E-state index in [9.17, 15) is 22.4 Å². The maximum Gasteiger partial charge on any atom is 0.244 e. The molecule has 1 N–H and O–H groups in total. The second-order valence-electron chi connectivity index (χ2n) is 8.81. The van der Waals surface area contributed by atoms with Crippen molar-refractivity contribution in [3.8, 4) is 0 Å². The molecular formula is C23H29BrFN3O4S. The van der Waals surface area contributed by atoms with Crippen molar-refractivity contribution in [3.05, 3.63) is 64.4 Å². The second-order valence-corrected chi connectivity index (χ2v) is 11.6. The van der Waals surface area contributed by atoms with Gasteiger partial charge in [-0.15, -0.1) is 0 Å². The second kappa shape index (κ2) is 10.6. The minimum Gasteiger partial charge on any atom is -0.350 e. The Bertz CT molecular complexity index is 1080. The van der Waals surface area contributed by atoms with E-state index in [4.69, 9.17) is 0 Å². The maximum absolute atomic E-state index is 13.4. The van der Waals surface area contributed by atoms with E-state index in [1.165, 1.54) is 17.0 Å². The summed E-state index contributed by atoms with van der Waals surface area (Å²) >= 11 is 3.37. The van der Waals surface area contributed by atoms with Gasteiger partial charge in [-0.25, -0.2) is 12.8 Å². The maximum atomic E-state index is 13.4. The first-order chi connectivity index (χ1) is 15.2. The normalized spacial score (nSPS) is 12.7. The van der Waals surface area contributed by atoms with Crippen LogP contribution in [0.1, 0.15) is 33.3 Å². The third-order valence-electron chi connectivity index (χ3n) is 4.73. The van der Waals surface area contributed by atoms with Crippen LogP contribution in [0.5, 0.6) is 0 Å². The van der Waals surface area contributed by atoms with Crippen molar-refractivity contribution >= 4 is 43.5 Å². The predicted octanol–water partition coefficient (Wildman–Crippen LogP) is 3.69. The Kier molecular flexibility index (Phi) is 8.64. The van der Waals surface area contributed by atoms with Crippen LogP contribution in [0.15, 0.2) is 53.0 Å². The molecule has 2 aromatic rings. The molecular weight excluding hydrogens is 513 g/mol. The summed E-state index contributed by atoms with van der Waals surface area (Å²) in [5.74, 6) is -1.45. The lowest BCUT2D eigenvalue weighted by atomic mass is 10.1. The predicted molar refractivity (Wildman–Crippen MR) is 131 cm³/mol. The fraction of sp³-hybridized carbons (Fsp3) is 0.391. The number of sulfonamides is 1. The van der Waals surface area contributed by atoms with E-state index < -0.39 is 39.9 Å². The summed E-state index contributed by atoms with van der Waals surface area (Å²) in [5.41, 5.74) is 0.419. The Balaban J connectivity index is 2.38. The van der Waals surface area contributed by atoms with Gasteiger partial charge in [0.2, 0.25) is 21.8 Å². The molecule has 2 aromatic carbocycles. The number of benzene rings is 2. The van der Waals surface area contributed by atoms with Gasteiger partial charge < -0.3 is 10.2 Å². The number of carbonyl (C=O) groups is 2. The summed E-state index contributed by atoms with van der Waals surface area (Å²) in [5, 5.41) is 2.86. The highest BCUT2D eigenvalue weighted by Gasteiger charge is 2.31. The molecule has 0 bridgehead atoms. The van der Waals surface area contributed by atoms with Gasteiger partial charge in [-0.1, -0.05) is 28.1 Å². The lowest BCUT2D eigenvalue weighted by Gasteiger charge is -2.33. The molecule has 10 heteroatoms. The number of halogens is 2. The van der Waals surface area contributed by atoms with Crippen LogP contribution < -0.4 is 9.62 Å². The number of hydrogen-bond donors (Lipinski definition) is 1. The molecule has 7 nitrogen and oxygen atoms in total. The molecule has 0 aliphatic carbocycles. The van der Waals surface area contributed by atoms with Gasteiger partial charge in [-0.2, -0.15) is 0 Å². The van der Waals surface area contributed by atoms with Crippen molar-refractivity contribution < 1.29 is 22.4 Å².